The number of halogens is 1. The largest absolute Gasteiger partial charge is 0.299 e. The second kappa shape index (κ2) is 5.25. The van der Waals surface area contributed by atoms with Gasteiger partial charge >= 0.3 is 0 Å². The molecule has 0 fully saturated rings. The second-order valence-electron chi connectivity index (χ2n) is 4.83. The topological polar surface area (TPSA) is 17.8 Å². The second-order valence-corrected chi connectivity index (χ2v) is 5.68. The van der Waals surface area contributed by atoms with Crippen LogP contribution in [0.1, 0.15) is 11.1 Å². The molecule has 0 saturated heterocycles. The van der Waals surface area contributed by atoms with Gasteiger partial charge in [0, 0.05) is 15.7 Å². The van der Waals surface area contributed by atoms with Crippen molar-refractivity contribution in [1.29, 1.82) is 0 Å². The van der Waals surface area contributed by atoms with E-state index in [0.717, 1.165) is 15.9 Å². The van der Waals surface area contributed by atoms with Crippen LogP contribution in [0, 0.1) is 13.8 Å². The van der Waals surface area contributed by atoms with E-state index in [9.17, 15) is 0 Å². The molecule has 100 valence electrons. The number of hydrogen-bond acceptors (Lipinski definition) is 1. The Kier molecular flexibility index (Phi) is 3.45. The van der Waals surface area contributed by atoms with E-state index in [1.54, 1.807) is 0 Å². The van der Waals surface area contributed by atoms with Crippen LogP contribution in [0.3, 0.4) is 0 Å². The van der Waals surface area contributed by atoms with Crippen molar-refractivity contribution < 1.29 is 0 Å². The molecular formula is C17H15BrN2. The van der Waals surface area contributed by atoms with Crippen LogP contribution in [-0.4, -0.2) is 9.55 Å². The van der Waals surface area contributed by atoms with Crippen molar-refractivity contribution >= 4 is 15.9 Å². The summed E-state index contributed by atoms with van der Waals surface area (Å²) in [6.07, 6.45) is 3.78. The minimum atomic E-state index is 1.12. The van der Waals surface area contributed by atoms with E-state index in [1.165, 1.54) is 16.7 Å². The highest BCUT2D eigenvalue weighted by atomic mass is 79.9. The highest BCUT2D eigenvalue weighted by molar-refractivity contribution is 9.10. The fourth-order valence-electron chi connectivity index (χ4n) is 2.35. The van der Waals surface area contributed by atoms with Gasteiger partial charge in [-0.15, -0.1) is 0 Å². The fraction of sp³-hybridized carbons (Fsp3) is 0.118. The molecule has 20 heavy (non-hydrogen) atoms. The monoisotopic (exact) mass is 326 g/mol. The molecule has 0 unspecified atom stereocenters. The standard InChI is InChI=1S/C17H15BrN2/c1-12-13(2)16(18)9-8-15(12)17-10-19-11-20(17)14-6-4-3-5-7-14/h3-11H,1-2H3. The zero-order valence-corrected chi connectivity index (χ0v) is 13.1. The first-order valence-corrected chi connectivity index (χ1v) is 7.31. The van der Waals surface area contributed by atoms with E-state index in [1.807, 2.05) is 30.7 Å². The van der Waals surface area contributed by atoms with Gasteiger partial charge in [0.15, 0.2) is 0 Å². The lowest BCUT2D eigenvalue weighted by Gasteiger charge is -2.13. The SMILES string of the molecule is Cc1c(Br)ccc(-c2cncn2-c2ccccc2)c1C. The van der Waals surface area contributed by atoms with Crippen LogP contribution in [0.2, 0.25) is 0 Å². The summed E-state index contributed by atoms with van der Waals surface area (Å²) in [5.41, 5.74) is 6.00. The van der Waals surface area contributed by atoms with E-state index in [4.69, 9.17) is 0 Å². The quantitative estimate of drug-likeness (QED) is 0.653. The van der Waals surface area contributed by atoms with Crippen LogP contribution in [0.15, 0.2) is 59.5 Å². The van der Waals surface area contributed by atoms with Crippen molar-refractivity contribution in [3.8, 4) is 16.9 Å². The van der Waals surface area contributed by atoms with Crippen molar-refractivity contribution in [2.24, 2.45) is 0 Å². The van der Waals surface area contributed by atoms with Crippen LogP contribution >= 0.6 is 15.9 Å². The highest BCUT2D eigenvalue weighted by Crippen LogP contribution is 2.31. The molecule has 2 aromatic carbocycles. The normalized spacial score (nSPS) is 10.8. The van der Waals surface area contributed by atoms with Crippen LogP contribution in [0.4, 0.5) is 0 Å². The molecule has 2 nitrogen and oxygen atoms in total. The van der Waals surface area contributed by atoms with Crippen LogP contribution < -0.4 is 0 Å². The lowest BCUT2D eigenvalue weighted by molar-refractivity contribution is 1.06. The molecule has 0 aliphatic carbocycles. The molecule has 1 aromatic heterocycles. The molecule has 0 radical (unpaired) electrons. The zero-order valence-electron chi connectivity index (χ0n) is 11.5. The van der Waals surface area contributed by atoms with E-state index in [0.29, 0.717) is 0 Å². The Labute approximate surface area is 127 Å². The molecule has 0 aliphatic rings. The molecule has 3 rings (SSSR count). The van der Waals surface area contributed by atoms with Crippen molar-refractivity contribution in [2.45, 2.75) is 13.8 Å². The molecule has 0 atom stereocenters. The maximum absolute atomic E-state index is 4.32. The van der Waals surface area contributed by atoms with Crippen LogP contribution in [0.5, 0.6) is 0 Å². The van der Waals surface area contributed by atoms with Gasteiger partial charge in [-0.2, -0.15) is 0 Å². The van der Waals surface area contributed by atoms with E-state index >= 15 is 0 Å². The van der Waals surface area contributed by atoms with Crippen molar-refractivity contribution in [3.63, 3.8) is 0 Å². The predicted octanol–water partition coefficient (Wildman–Crippen LogP) is 4.92. The van der Waals surface area contributed by atoms with Crippen molar-refractivity contribution in [2.75, 3.05) is 0 Å². The first kappa shape index (κ1) is 13.1. The van der Waals surface area contributed by atoms with Gasteiger partial charge in [0.2, 0.25) is 0 Å². The molecule has 0 spiro atoms. The van der Waals surface area contributed by atoms with Crippen molar-refractivity contribution in [1.82, 2.24) is 9.55 Å². The van der Waals surface area contributed by atoms with Gasteiger partial charge in [0.1, 0.15) is 0 Å². The summed E-state index contributed by atoms with van der Waals surface area (Å²) < 4.78 is 3.26. The van der Waals surface area contributed by atoms with Crippen molar-refractivity contribution in [3.05, 3.63) is 70.6 Å². The molecule has 0 aliphatic heterocycles. The number of nitrogens with zero attached hydrogens (tertiary/aromatic N) is 2. The summed E-state index contributed by atoms with van der Waals surface area (Å²) in [7, 11) is 0. The smallest absolute Gasteiger partial charge is 0.0997 e. The van der Waals surface area contributed by atoms with Gasteiger partial charge in [-0.3, -0.25) is 4.57 Å². The predicted molar refractivity (Wildman–Crippen MR) is 86.2 cm³/mol. The number of aromatic nitrogens is 2. The molecular weight excluding hydrogens is 312 g/mol. The number of hydrogen-bond donors (Lipinski definition) is 0. The average Bonchev–Trinajstić information content (AvgIpc) is 2.95. The van der Waals surface area contributed by atoms with Gasteiger partial charge in [-0.25, -0.2) is 4.98 Å². The lowest BCUT2D eigenvalue weighted by atomic mass is 10.0. The molecule has 3 heteroatoms. The fourth-order valence-corrected chi connectivity index (χ4v) is 2.78. The lowest BCUT2D eigenvalue weighted by Crippen LogP contribution is -1.97. The van der Waals surface area contributed by atoms with Gasteiger partial charge in [-0.1, -0.05) is 40.2 Å². The van der Waals surface area contributed by atoms with Gasteiger partial charge in [-0.05, 0) is 43.2 Å². The van der Waals surface area contributed by atoms with E-state index in [2.05, 4.69) is 63.6 Å². The van der Waals surface area contributed by atoms with E-state index in [-0.39, 0.29) is 0 Å². The third-order valence-corrected chi connectivity index (χ3v) is 4.53. The third-order valence-electron chi connectivity index (χ3n) is 3.67. The van der Waals surface area contributed by atoms with Gasteiger partial charge < -0.3 is 0 Å². The Bertz CT molecular complexity index is 745. The summed E-state index contributed by atoms with van der Waals surface area (Å²) >= 11 is 3.58. The molecule has 3 aromatic rings. The van der Waals surface area contributed by atoms with Gasteiger partial charge in [0.05, 0.1) is 18.2 Å². The highest BCUT2D eigenvalue weighted by Gasteiger charge is 2.11. The molecule has 0 bridgehead atoms. The minimum Gasteiger partial charge on any atom is -0.299 e. The Morgan fingerprint density at radius 1 is 0.950 bits per heavy atom. The zero-order chi connectivity index (χ0) is 14.1. The molecule has 0 N–H and O–H groups in total. The maximum Gasteiger partial charge on any atom is 0.0997 e. The number of rotatable bonds is 2. The first-order valence-electron chi connectivity index (χ1n) is 6.52. The summed E-state index contributed by atoms with van der Waals surface area (Å²) in [4.78, 5) is 4.32. The summed E-state index contributed by atoms with van der Waals surface area (Å²) in [6.45, 7) is 4.28. The summed E-state index contributed by atoms with van der Waals surface area (Å²) in [5.74, 6) is 0. The number of benzene rings is 2. The van der Waals surface area contributed by atoms with Gasteiger partial charge in [0.25, 0.3) is 0 Å². The number of para-hydroxylation sites is 1. The first-order chi connectivity index (χ1) is 9.68. The maximum atomic E-state index is 4.32. The third kappa shape index (κ3) is 2.18. The van der Waals surface area contributed by atoms with Crippen LogP contribution in [0.25, 0.3) is 16.9 Å². The summed E-state index contributed by atoms with van der Waals surface area (Å²) in [6, 6.07) is 14.5. The number of imidazole rings is 1. The van der Waals surface area contributed by atoms with Crippen LogP contribution in [-0.2, 0) is 0 Å². The Hall–Kier alpha value is -1.87. The average molecular weight is 327 g/mol. The minimum absolute atomic E-state index is 1.12. The molecule has 0 saturated carbocycles. The molecule has 1 heterocycles. The molecule has 0 amide bonds. The Balaban J connectivity index is 2.18. The summed E-state index contributed by atoms with van der Waals surface area (Å²) in [5, 5.41) is 0. The Morgan fingerprint density at radius 2 is 1.70 bits per heavy atom. The van der Waals surface area contributed by atoms with E-state index < -0.39 is 0 Å². The Morgan fingerprint density at radius 3 is 2.45 bits per heavy atom.